The normalized spacial score (nSPS) is 8.25. The molecular weight excluding hydrogens is 102 g/mol. The van der Waals surface area contributed by atoms with Gasteiger partial charge in [-0.1, -0.05) is 21.3 Å². The molecule has 0 bridgehead atoms. The molecule has 0 rings (SSSR count). The molecule has 0 aromatic heterocycles. The largest absolute Gasteiger partial charge is 0.302 e. The summed E-state index contributed by atoms with van der Waals surface area (Å²) in [5.74, 6) is 0. The third-order valence-electron chi connectivity index (χ3n) is 0.553. The third-order valence-corrected chi connectivity index (χ3v) is 0.553. The van der Waals surface area contributed by atoms with Crippen LogP contribution in [-0.4, -0.2) is 13.2 Å². The molecule has 0 saturated carbocycles. The summed E-state index contributed by atoms with van der Waals surface area (Å²) >= 11 is 0. The number of rotatable bonds is 4. The Morgan fingerprint density at radius 2 is 2.00 bits per heavy atom. The summed E-state index contributed by atoms with van der Waals surface area (Å²) in [6, 6.07) is 0. The Morgan fingerprint density at radius 3 is 2.38 bits per heavy atom. The summed E-state index contributed by atoms with van der Waals surface area (Å²) in [5.41, 5.74) is 2.75. The first-order valence-electron chi connectivity index (χ1n) is 2.76. The molecule has 1 N–H and O–H groups in total. The van der Waals surface area contributed by atoms with Gasteiger partial charge in [-0.05, 0) is 6.42 Å². The molecular formula is C6H17NO. The number of nitrogens with one attached hydrogen (secondary N) is 1. The lowest BCUT2D eigenvalue weighted by Crippen LogP contribution is -2.13. The van der Waals surface area contributed by atoms with Crippen LogP contribution in [0.15, 0.2) is 0 Å². The van der Waals surface area contributed by atoms with Gasteiger partial charge in [-0.2, -0.15) is 0 Å². The first-order valence-corrected chi connectivity index (χ1v) is 2.76. The van der Waals surface area contributed by atoms with E-state index in [1.165, 1.54) is 0 Å². The van der Waals surface area contributed by atoms with E-state index in [0.29, 0.717) is 0 Å². The molecule has 0 aliphatic heterocycles. The van der Waals surface area contributed by atoms with Crippen LogP contribution in [0.2, 0.25) is 0 Å². The maximum Gasteiger partial charge on any atom is 0.0679 e. The van der Waals surface area contributed by atoms with Crippen LogP contribution in [0.5, 0.6) is 0 Å². The van der Waals surface area contributed by atoms with Crippen LogP contribution in [-0.2, 0) is 4.84 Å². The van der Waals surface area contributed by atoms with Crippen molar-refractivity contribution in [2.75, 3.05) is 13.2 Å². The minimum atomic E-state index is 0. The minimum Gasteiger partial charge on any atom is -0.302 e. The molecule has 0 aromatic carbocycles. The van der Waals surface area contributed by atoms with E-state index in [4.69, 9.17) is 4.84 Å². The van der Waals surface area contributed by atoms with E-state index in [1.54, 1.807) is 0 Å². The summed E-state index contributed by atoms with van der Waals surface area (Å²) in [4.78, 5) is 4.88. The Labute approximate surface area is 52.2 Å². The fourth-order valence-electron chi connectivity index (χ4n) is 0.276. The molecule has 0 amide bonds. The molecule has 0 spiro atoms. The second-order valence-corrected chi connectivity index (χ2v) is 1.35. The molecule has 52 valence electrons. The van der Waals surface area contributed by atoms with Gasteiger partial charge in [-0.25, -0.2) is 5.48 Å². The first-order chi connectivity index (χ1) is 3.41. The lowest BCUT2D eigenvalue weighted by Gasteiger charge is -1.97. The maximum absolute atomic E-state index is 4.88. The van der Waals surface area contributed by atoms with Crippen LogP contribution in [0, 0.1) is 0 Å². The Balaban J connectivity index is 0. The van der Waals surface area contributed by atoms with Crippen LogP contribution in [0.4, 0.5) is 0 Å². The zero-order chi connectivity index (χ0) is 5.54. The molecule has 0 fully saturated rings. The summed E-state index contributed by atoms with van der Waals surface area (Å²) in [6.45, 7) is 5.79. The van der Waals surface area contributed by atoms with Gasteiger partial charge in [0.15, 0.2) is 0 Å². The van der Waals surface area contributed by atoms with Crippen molar-refractivity contribution in [3.8, 4) is 0 Å². The molecule has 0 unspecified atom stereocenters. The quantitative estimate of drug-likeness (QED) is 0.448. The predicted molar refractivity (Wildman–Crippen MR) is 36.7 cm³/mol. The van der Waals surface area contributed by atoms with Crippen LogP contribution < -0.4 is 5.48 Å². The van der Waals surface area contributed by atoms with E-state index in [0.717, 1.165) is 19.6 Å². The van der Waals surface area contributed by atoms with Crippen LogP contribution in [0.1, 0.15) is 27.7 Å². The predicted octanol–water partition coefficient (Wildman–Crippen LogP) is 1.57. The zero-order valence-electron chi connectivity index (χ0n) is 5.03. The number of hydrogen-bond donors (Lipinski definition) is 1. The van der Waals surface area contributed by atoms with Gasteiger partial charge >= 0.3 is 0 Å². The zero-order valence-corrected chi connectivity index (χ0v) is 5.03. The van der Waals surface area contributed by atoms with Gasteiger partial charge in [0, 0.05) is 6.54 Å². The van der Waals surface area contributed by atoms with Crippen LogP contribution in [0.3, 0.4) is 0 Å². The van der Waals surface area contributed by atoms with E-state index < -0.39 is 0 Å². The highest BCUT2D eigenvalue weighted by Gasteiger charge is 1.75. The fourth-order valence-corrected chi connectivity index (χ4v) is 0.276. The molecule has 0 aliphatic rings. The van der Waals surface area contributed by atoms with E-state index in [1.807, 2.05) is 6.92 Å². The number of hydroxylamine groups is 1. The topological polar surface area (TPSA) is 21.3 Å². The third kappa shape index (κ3) is 9.33. The Bertz CT molecular complexity index is 27.7. The molecule has 0 heterocycles. The fraction of sp³-hybridized carbons (Fsp3) is 1.00. The van der Waals surface area contributed by atoms with Crippen molar-refractivity contribution in [3.05, 3.63) is 0 Å². The molecule has 0 aliphatic carbocycles. The van der Waals surface area contributed by atoms with E-state index in [9.17, 15) is 0 Å². The lowest BCUT2D eigenvalue weighted by atomic mass is 10.5. The Kier molecular flexibility index (Phi) is 13.6. The second-order valence-electron chi connectivity index (χ2n) is 1.35. The van der Waals surface area contributed by atoms with E-state index in [2.05, 4.69) is 12.4 Å². The van der Waals surface area contributed by atoms with Crippen molar-refractivity contribution in [2.45, 2.75) is 27.7 Å². The van der Waals surface area contributed by atoms with Gasteiger partial charge in [0.2, 0.25) is 0 Å². The van der Waals surface area contributed by atoms with Gasteiger partial charge < -0.3 is 4.84 Å². The molecule has 8 heavy (non-hydrogen) atoms. The van der Waals surface area contributed by atoms with Gasteiger partial charge in [0.25, 0.3) is 0 Å². The standard InChI is InChI=1S/C5H13NO.CH4/c1-3-5-7-6-4-2;/h6H,3-5H2,1-2H3;1H4. The lowest BCUT2D eigenvalue weighted by molar-refractivity contribution is 0.0451. The van der Waals surface area contributed by atoms with Crippen molar-refractivity contribution < 1.29 is 4.84 Å². The Hall–Kier alpha value is -0.0800. The highest BCUT2D eigenvalue weighted by molar-refractivity contribution is 4.19. The molecule has 2 nitrogen and oxygen atoms in total. The highest BCUT2D eigenvalue weighted by Crippen LogP contribution is 1.72. The van der Waals surface area contributed by atoms with Crippen molar-refractivity contribution in [1.29, 1.82) is 0 Å². The Morgan fingerprint density at radius 1 is 1.38 bits per heavy atom. The average molecular weight is 119 g/mol. The minimum absolute atomic E-state index is 0. The monoisotopic (exact) mass is 119 g/mol. The van der Waals surface area contributed by atoms with E-state index in [-0.39, 0.29) is 7.43 Å². The van der Waals surface area contributed by atoms with Gasteiger partial charge in [0.1, 0.15) is 0 Å². The molecule has 0 atom stereocenters. The van der Waals surface area contributed by atoms with Crippen molar-refractivity contribution in [1.82, 2.24) is 5.48 Å². The van der Waals surface area contributed by atoms with Gasteiger partial charge in [-0.3, -0.25) is 0 Å². The number of hydrogen-bond acceptors (Lipinski definition) is 2. The summed E-state index contributed by atoms with van der Waals surface area (Å²) in [7, 11) is 0. The molecule has 0 saturated heterocycles. The maximum atomic E-state index is 4.88. The summed E-state index contributed by atoms with van der Waals surface area (Å²) in [6.07, 6.45) is 1.08. The van der Waals surface area contributed by atoms with Crippen molar-refractivity contribution in [2.24, 2.45) is 0 Å². The molecule has 2 heteroatoms. The smallest absolute Gasteiger partial charge is 0.0679 e. The van der Waals surface area contributed by atoms with Gasteiger partial charge in [-0.15, -0.1) is 0 Å². The van der Waals surface area contributed by atoms with Gasteiger partial charge in [0.05, 0.1) is 6.61 Å². The average Bonchev–Trinajstić information content (AvgIpc) is 1.69. The van der Waals surface area contributed by atoms with Crippen molar-refractivity contribution >= 4 is 0 Å². The highest BCUT2D eigenvalue weighted by atomic mass is 16.6. The summed E-state index contributed by atoms with van der Waals surface area (Å²) < 4.78 is 0. The SMILES string of the molecule is C.CCCONCC. The molecule has 0 radical (unpaired) electrons. The van der Waals surface area contributed by atoms with Crippen molar-refractivity contribution in [3.63, 3.8) is 0 Å². The van der Waals surface area contributed by atoms with E-state index >= 15 is 0 Å². The second kappa shape index (κ2) is 10.0. The first kappa shape index (κ1) is 10.8. The molecule has 0 aromatic rings. The van der Waals surface area contributed by atoms with Crippen LogP contribution in [0.25, 0.3) is 0 Å². The van der Waals surface area contributed by atoms with Crippen LogP contribution >= 0.6 is 0 Å². The summed E-state index contributed by atoms with van der Waals surface area (Å²) in [5, 5.41) is 0.